The molecule has 2 aromatic carbocycles. The highest BCUT2D eigenvalue weighted by molar-refractivity contribution is 7.14. The maximum absolute atomic E-state index is 12.2. The van der Waals surface area contributed by atoms with Crippen molar-refractivity contribution >= 4 is 34.2 Å². The summed E-state index contributed by atoms with van der Waals surface area (Å²) in [7, 11) is 0. The molecule has 0 bridgehead atoms. The first-order chi connectivity index (χ1) is 15.9. The molecular weight excluding hydrogens is 436 g/mol. The van der Waals surface area contributed by atoms with Crippen LogP contribution >= 0.6 is 11.3 Å². The molecule has 7 nitrogen and oxygen atoms in total. The van der Waals surface area contributed by atoms with Gasteiger partial charge >= 0.3 is 0 Å². The molecule has 0 spiro atoms. The van der Waals surface area contributed by atoms with Crippen molar-refractivity contribution in [3.8, 4) is 11.3 Å². The lowest BCUT2D eigenvalue weighted by Crippen LogP contribution is -2.28. The number of hydrogen-bond acceptors (Lipinski definition) is 5. The molecule has 1 heterocycles. The molecule has 0 fully saturated rings. The van der Waals surface area contributed by atoms with Gasteiger partial charge in [-0.3, -0.25) is 14.4 Å². The van der Waals surface area contributed by atoms with Crippen LogP contribution in [0.1, 0.15) is 41.3 Å². The van der Waals surface area contributed by atoms with Gasteiger partial charge in [0.25, 0.3) is 5.91 Å². The molecule has 3 amide bonds. The topological polar surface area (TPSA) is 100 Å². The summed E-state index contributed by atoms with van der Waals surface area (Å²) in [6.45, 7) is 4.32. The van der Waals surface area contributed by atoms with Gasteiger partial charge in [-0.15, -0.1) is 11.3 Å². The van der Waals surface area contributed by atoms with E-state index >= 15 is 0 Å². The average molecular weight is 465 g/mol. The Morgan fingerprint density at radius 3 is 2.45 bits per heavy atom. The third kappa shape index (κ3) is 7.54. The van der Waals surface area contributed by atoms with Gasteiger partial charge in [0, 0.05) is 42.9 Å². The lowest BCUT2D eigenvalue weighted by Gasteiger charge is -2.07. The highest BCUT2D eigenvalue weighted by Gasteiger charge is 2.11. The fourth-order valence-electron chi connectivity index (χ4n) is 3.26. The number of hydrogen-bond donors (Lipinski definition) is 3. The fraction of sp³-hybridized carbons (Fsp3) is 0.280. The Morgan fingerprint density at radius 2 is 1.73 bits per heavy atom. The standard InChI is InChI=1S/C25H28N4O3S/c1-17-6-3-4-8-21(17)24(32)27-15-13-23(31)29-25-28-22(16-33-25)20-11-9-19(10-12-20)7-5-14-26-18(2)30/h3-4,6,8-12,16H,5,7,13-15H2,1-2H3,(H,26,30)(H,27,32)(H,28,29,31). The SMILES string of the molecule is CC(=O)NCCCc1ccc(-c2csc(NC(=O)CCNC(=O)c3ccccc3C)n2)cc1. The number of anilines is 1. The quantitative estimate of drug-likeness (QED) is 0.396. The number of rotatable bonds is 10. The highest BCUT2D eigenvalue weighted by atomic mass is 32.1. The van der Waals surface area contributed by atoms with Gasteiger partial charge in [-0.1, -0.05) is 42.5 Å². The minimum absolute atomic E-state index is 0.0104. The molecule has 3 rings (SSSR count). The molecule has 0 aliphatic carbocycles. The maximum Gasteiger partial charge on any atom is 0.251 e. The Labute approximate surface area is 197 Å². The average Bonchev–Trinajstić information content (AvgIpc) is 3.25. The molecule has 172 valence electrons. The Hall–Kier alpha value is -3.52. The molecule has 3 aromatic rings. The highest BCUT2D eigenvalue weighted by Crippen LogP contribution is 2.25. The van der Waals surface area contributed by atoms with E-state index in [1.807, 2.05) is 42.6 Å². The molecular formula is C25H28N4O3S. The van der Waals surface area contributed by atoms with Gasteiger partial charge < -0.3 is 16.0 Å². The van der Waals surface area contributed by atoms with Crippen LogP contribution in [0.4, 0.5) is 5.13 Å². The van der Waals surface area contributed by atoms with E-state index in [1.54, 1.807) is 6.07 Å². The molecule has 8 heteroatoms. The maximum atomic E-state index is 12.2. The molecule has 0 unspecified atom stereocenters. The Morgan fingerprint density at radius 1 is 0.970 bits per heavy atom. The van der Waals surface area contributed by atoms with Crippen LogP contribution in [-0.4, -0.2) is 35.8 Å². The number of nitrogens with zero attached hydrogens (tertiary/aromatic N) is 1. The first kappa shape index (κ1) is 24.1. The number of nitrogens with one attached hydrogen (secondary N) is 3. The van der Waals surface area contributed by atoms with E-state index in [0.29, 0.717) is 17.2 Å². The second-order valence-electron chi connectivity index (χ2n) is 7.69. The predicted molar refractivity (Wildman–Crippen MR) is 131 cm³/mol. The normalized spacial score (nSPS) is 10.5. The summed E-state index contributed by atoms with van der Waals surface area (Å²) in [4.78, 5) is 39.9. The number of aromatic nitrogens is 1. The second kappa shape index (κ2) is 11.9. The summed E-state index contributed by atoms with van der Waals surface area (Å²) in [6, 6.07) is 15.5. The number of carbonyl (C=O) groups excluding carboxylic acids is 3. The zero-order valence-electron chi connectivity index (χ0n) is 18.8. The number of carbonyl (C=O) groups is 3. The van der Waals surface area contributed by atoms with Gasteiger partial charge in [0.15, 0.2) is 5.13 Å². The Kier molecular flexibility index (Phi) is 8.71. The van der Waals surface area contributed by atoms with Crippen molar-refractivity contribution in [2.45, 2.75) is 33.1 Å². The van der Waals surface area contributed by atoms with Gasteiger partial charge in [-0.05, 0) is 37.0 Å². The summed E-state index contributed by atoms with van der Waals surface area (Å²) >= 11 is 1.36. The molecule has 0 saturated carbocycles. The Bertz CT molecular complexity index is 1110. The van der Waals surface area contributed by atoms with Crippen molar-refractivity contribution in [3.05, 3.63) is 70.6 Å². The van der Waals surface area contributed by atoms with Crippen LogP contribution in [0.2, 0.25) is 0 Å². The summed E-state index contributed by atoms with van der Waals surface area (Å²) in [6.07, 6.45) is 1.94. The van der Waals surface area contributed by atoms with E-state index in [1.165, 1.54) is 23.8 Å². The van der Waals surface area contributed by atoms with Crippen LogP contribution in [0, 0.1) is 6.92 Å². The second-order valence-corrected chi connectivity index (χ2v) is 8.55. The van der Waals surface area contributed by atoms with Gasteiger partial charge in [-0.2, -0.15) is 0 Å². The van der Waals surface area contributed by atoms with Crippen molar-refractivity contribution in [1.82, 2.24) is 15.6 Å². The predicted octanol–water partition coefficient (Wildman–Crippen LogP) is 3.95. The van der Waals surface area contributed by atoms with Gasteiger partial charge in [-0.25, -0.2) is 4.98 Å². The number of thiazole rings is 1. The first-order valence-electron chi connectivity index (χ1n) is 10.9. The number of benzene rings is 2. The van der Waals surface area contributed by atoms with Crippen LogP contribution in [0.25, 0.3) is 11.3 Å². The van der Waals surface area contributed by atoms with Gasteiger partial charge in [0.2, 0.25) is 11.8 Å². The fourth-order valence-corrected chi connectivity index (χ4v) is 3.99. The van der Waals surface area contributed by atoms with Crippen LogP contribution in [0.3, 0.4) is 0 Å². The molecule has 33 heavy (non-hydrogen) atoms. The van der Waals surface area contributed by atoms with Crippen LogP contribution in [-0.2, 0) is 16.0 Å². The summed E-state index contributed by atoms with van der Waals surface area (Å²) < 4.78 is 0. The van der Waals surface area contributed by atoms with Crippen LogP contribution in [0.15, 0.2) is 53.9 Å². The zero-order valence-corrected chi connectivity index (χ0v) is 19.6. The molecule has 3 N–H and O–H groups in total. The first-order valence-corrected chi connectivity index (χ1v) is 11.7. The minimum Gasteiger partial charge on any atom is -0.356 e. The van der Waals surface area contributed by atoms with Crippen LogP contribution in [0.5, 0.6) is 0 Å². The van der Waals surface area contributed by atoms with E-state index in [2.05, 4.69) is 33.1 Å². The summed E-state index contributed by atoms with van der Waals surface area (Å²) in [5.74, 6) is -0.393. The van der Waals surface area contributed by atoms with E-state index < -0.39 is 0 Å². The van der Waals surface area contributed by atoms with Crippen molar-refractivity contribution in [2.75, 3.05) is 18.4 Å². The van der Waals surface area contributed by atoms with E-state index in [9.17, 15) is 14.4 Å². The van der Waals surface area contributed by atoms with Crippen molar-refractivity contribution < 1.29 is 14.4 Å². The van der Waals surface area contributed by atoms with Gasteiger partial charge in [0.05, 0.1) is 5.69 Å². The lowest BCUT2D eigenvalue weighted by molar-refractivity contribution is -0.119. The lowest BCUT2D eigenvalue weighted by atomic mass is 10.1. The smallest absolute Gasteiger partial charge is 0.251 e. The third-order valence-electron chi connectivity index (χ3n) is 5.04. The van der Waals surface area contributed by atoms with Crippen molar-refractivity contribution in [1.29, 1.82) is 0 Å². The van der Waals surface area contributed by atoms with Gasteiger partial charge in [0.1, 0.15) is 0 Å². The van der Waals surface area contributed by atoms with Crippen molar-refractivity contribution in [2.24, 2.45) is 0 Å². The van der Waals surface area contributed by atoms with E-state index in [4.69, 9.17) is 0 Å². The van der Waals surface area contributed by atoms with E-state index in [-0.39, 0.29) is 30.7 Å². The third-order valence-corrected chi connectivity index (χ3v) is 5.80. The summed E-state index contributed by atoms with van der Waals surface area (Å²) in [5.41, 5.74) is 4.48. The number of aryl methyl sites for hydroxylation is 2. The zero-order chi connectivity index (χ0) is 23.6. The molecule has 0 aliphatic rings. The number of amides is 3. The van der Waals surface area contributed by atoms with E-state index in [0.717, 1.165) is 29.7 Å². The molecule has 0 saturated heterocycles. The van der Waals surface area contributed by atoms with Crippen molar-refractivity contribution in [3.63, 3.8) is 0 Å². The molecule has 0 aliphatic heterocycles. The van der Waals surface area contributed by atoms with Crippen LogP contribution < -0.4 is 16.0 Å². The summed E-state index contributed by atoms with van der Waals surface area (Å²) in [5, 5.41) is 10.8. The largest absolute Gasteiger partial charge is 0.356 e. The monoisotopic (exact) mass is 464 g/mol. The molecule has 1 aromatic heterocycles. The Balaban J connectivity index is 1.44. The minimum atomic E-state index is -0.199. The molecule has 0 radical (unpaired) electrons. The molecule has 0 atom stereocenters.